The van der Waals surface area contributed by atoms with E-state index in [1.807, 2.05) is 0 Å². The first-order valence-electron chi connectivity index (χ1n) is 8.99. The van der Waals surface area contributed by atoms with Gasteiger partial charge in [0.05, 0.1) is 26.9 Å². The topological polar surface area (TPSA) is 126 Å². The second-order valence-electron chi connectivity index (χ2n) is 7.78. The molecule has 10 nitrogen and oxygen atoms in total. The van der Waals surface area contributed by atoms with E-state index in [9.17, 15) is 19.2 Å². The molecular formula is C18H27NO9. The van der Waals surface area contributed by atoms with E-state index in [0.717, 1.165) is 7.11 Å². The van der Waals surface area contributed by atoms with Crippen molar-refractivity contribution in [3.05, 3.63) is 0 Å². The number of ether oxygens (including phenoxy) is 5. The lowest BCUT2D eigenvalue weighted by atomic mass is 9.89. The number of rotatable bonds is 5. The monoisotopic (exact) mass is 401 g/mol. The van der Waals surface area contributed by atoms with Crippen LogP contribution in [0.3, 0.4) is 0 Å². The van der Waals surface area contributed by atoms with Gasteiger partial charge < -0.3 is 29.0 Å². The number of ketones is 1. The number of Topliss-reactive ketones (excluding diaryl/α,β-unsaturated/α-hetero) is 1. The molecule has 0 aliphatic carbocycles. The van der Waals surface area contributed by atoms with Crippen LogP contribution in [0.2, 0.25) is 0 Å². The van der Waals surface area contributed by atoms with Gasteiger partial charge in [-0.05, 0) is 20.8 Å². The maximum atomic E-state index is 12.5. The molecule has 2 saturated heterocycles. The molecule has 0 aromatic heterocycles. The van der Waals surface area contributed by atoms with Crippen molar-refractivity contribution >= 4 is 23.8 Å². The zero-order valence-corrected chi connectivity index (χ0v) is 16.7. The summed E-state index contributed by atoms with van der Waals surface area (Å²) in [5.74, 6) is -1.74. The Balaban J connectivity index is 2.24. The smallest absolute Gasteiger partial charge is 0.408 e. The number of amides is 1. The van der Waals surface area contributed by atoms with Gasteiger partial charge in [-0.2, -0.15) is 0 Å². The first-order valence-corrected chi connectivity index (χ1v) is 8.99. The average molecular weight is 401 g/mol. The minimum absolute atomic E-state index is 0.0135. The predicted octanol–water partition coefficient (Wildman–Crippen LogP) is 0.502. The fourth-order valence-corrected chi connectivity index (χ4v) is 3.32. The van der Waals surface area contributed by atoms with E-state index < -0.39 is 47.5 Å². The fourth-order valence-electron chi connectivity index (χ4n) is 3.32. The number of nitrogens with one attached hydrogen (secondary N) is 1. The molecule has 10 heteroatoms. The summed E-state index contributed by atoms with van der Waals surface area (Å²) in [7, 11) is 2.32. The Morgan fingerprint density at radius 2 is 1.93 bits per heavy atom. The molecule has 2 fully saturated rings. The van der Waals surface area contributed by atoms with E-state index in [2.05, 4.69) is 5.32 Å². The fraction of sp³-hybridized carbons (Fsp3) is 0.778. The number of methoxy groups -OCH3 is 2. The molecule has 2 rings (SSSR count). The van der Waals surface area contributed by atoms with Crippen molar-refractivity contribution in [2.75, 3.05) is 20.8 Å². The summed E-state index contributed by atoms with van der Waals surface area (Å²) < 4.78 is 26.1. The molecule has 0 unspecified atom stereocenters. The van der Waals surface area contributed by atoms with Gasteiger partial charge in [-0.15, -0.1) is 0 Å². The third-order valence-electron chi connectivity index (χ3n) is 4.49. The van der Waals surface area contributed by atoms with Crippen molar-refractivity contribution in [3.63, 3.8) is 0 Å². The Morgan fingerprint density at radius 1 is 1.25 bits per heavy atom. The number of carbonyl (C=O) groups is 4. The van der Waals surface area contributed by atoms with Crippen LogP contribution in [0.1, 0.15) is 40.0 Å². The number of carbonyl (C=O) groups excluding carboxylic acids is 4. The van der Waals surface area contributed by atoms with Gasteiger partial charge in [-0.1, -0.05) is 0 Å². The highest BCUT2D eigenvalue weighted by Gasteiger charge is 2.57. The second kappa shape index (κ2) is 8.44. The number of fused-ring (bicyclic) bond motifs is 1. The van der Waals surface area contributed by atoms with E-state index in [4.69, 9.17) is 23.7 Å². The van der Waals surface area contributed by atoms with Crippen LogP contribution >= 0.6 is 0 Å². The molecule has 0 aromatic rings. The quantitative estimate of drug-likeness (QED) is 0.517. The van der Waals surface area contributed by atoms with Gasteiger partial charge in [0.1, 0.15) is 17.7 Å². The third-order valence-corrected chi connectivity index (χ3v) is 4.49. The normalized spacial score (nSPS) is 28.1. The van der Waals surface area contributed by atoms with Crippen LogP contribution in [-0.4, -0.2) is 74.1 Å². The summed E-state index contributed by atoms with van der Waals surface area (Å²) in [6.07, 6.45) is -2.51. The van der Waals surface area contributed by atoms with Gasteiger partial charge >= 0.3 is 18.0 Å². The molecule has 158 valence electrons. The van der Waals surface area contributed by atoms with Gasteiger partial charge in [-0.3, -0.25) is 4.79 Å². The molecule has 2 heterocycles. The number of esters is 2. The van der Waals surface area contributed by atoms with Crippen LogP contribution in [0, 0.1) is 0 Å². The summed E-state index contributed by atoms with van der Waals surface area (Å²) in [5.41, 5.74) is -2.43. The van der Waals surface area contributed by atoms with E-state index in [0.29, 0.717) is 0 Å². The lowest BCUT2D eigenvalue weighted by Gasteiger charge is -2.30. The Kier molecular flexibility index (Phi) is 6.66. The minimum Gasteiger partial charge on any atom is -0.467 e. The zero-order chi connectivity index (χ0) is 21.1. The van der Waals surface area contributed by atoms with Crippen LogP contribution in [-0.2, 0) is 38.1 Å². The molecular weight excluding hydrogens is 374 g/mol. The number of alkyl carbamates (subject to hydrolysis) is 1. The Bertz CT molecular complexity index is 641. The van der Waals surface area contributed by atoms with Crippen LogP contribution in [0.15, 0.2) is 0 Å². The highest BCUT2D eigenvalue weighted by molar-refractivity contribution is 5.89. The first kappa shape index (κ1) is 22.1. The van der Waals surface area contributed by atoms with Gasteiger partial charge in [0.2, 0.25) is 0 Å². The van der Waals surface area contributed by atoms with E-state index >= 15 is 0 Å². The Morgan fingerprint density at radius 3 is 2.46 bits per heavy atom. The molecule has 1 N–H and O–H groups in total. The van der Waals surface area contributed by atoms with Crippen molar-refractivity contribution in [1.82, 2.24) is 5.32 Å². The van der Waals surface area contributed by atoms with Gasteiger partial charge in [0.25, 0.3) is 0 Å². The summed E-state index contributed by atoms with van der Waals surface area (Å²) in [5, 5.41) is 2.40. The van der Waals surface area contributed by atoms with Crippen molar-refractivity contribution in [1.29, 1.82) is 0 Å². The van der Waals surface area contributed by atoms with E-state index in [-0.39, 0.29) is 31.7 Å². The molecule has 28 heavy (non-hydrogen) atoms. The molecule has 0 spiro atoms. The van der Waals surface area contributed by atoms with Crippen molar-refractivity contribution < 1.29 is 42.9 Å². The van der Waals surface area contributed by atoms with Gasteiger partial charge in [0, 0.05) is 19.3 Å². The highest BCUT2D eigenvalue weighted by atomic mass is 16.6. The molecule has 4 atom stereocenters. The largest absolute Gasteiger partial charge is 0.467 e. The predicted molar refractivity (Wildman–Crippen MR) is 93.4 cm³/mol. The van der Waals surface area contributed by atoms with Crippen LogP contribution in [0.5, 0.6) is 0 Å². The van der Waals surface area contributed by atoms with Gasteiger partial charge in [0.15, 0.2) is 11.4 Å². The standard InChI is InChI=1S/C18H27NO9/c1-17(2,3)28-16(23)19-10(14(21)24-4)8-18(15(22)25-5)9-12-13(27-18)11(20)6-7-26-12/h10,12-13H,6-9H2,1-5H3,(H,19,23)/t10-,12+,13+,18+/m0/s1. The van der Waals surface area contributed by atoms with E-state index in [1.165, 1.54) is 7.11 Å². The lowest BCUT2D eigenvalue weighted by Crippen LogP contribution is -2.52. The summed E-state index contributed by atoms with van der Waals surface area (Å²) in [4.78, 5) is 49.1. The zero-order valence-electron chi connectivity index (χ0n) is 16.7. The maximum Gasteiger partial charge on any atom is 0.408 e. The average Bonchev–Trinajstić information content (AvgIpc) is 2.99. The van der Waals surface area contributed by atoms with Crippen molar-refractivity contribution in [2.24, 2.45) is 0 Å². The van der Waals surface area contributed by atoms with Crippen LogP contribution in [0.4, 0.5) is 4.79 Å². The van der Waals surface area contributed by atoms with Crippen LogP contribution in [0.25, 0.3) is 0 Å². The van der Waals surface area contributed by atoms with Crippen LogP contribution < -0.4 is 5.32 Å². The highest BCUT2D eigenvalue weighted by Crippen LogP contribution is 2.39. The molecule has 0 saturated carbocycles. The van der Waals surface area contributed by atoms with E-state index in [1.54, 1.807) is 20.8 Å². The molecule has 2 aliphatic heterocycles. The molecule has 0 aromatic carbocycles. The second-order valence-corrected chi connectivity index (χ2v) is 7.78. The Labute approximate surface area is 163 Å². The summed E-state index contributed by atoms with van der Waals surface area (Å²) in [6.45, 7) is 5.24. The minimum atomic E-state index is -1.64. The summed E-state index contributed by atoms with van der Waals surface area (Å²) >= 11 is 0. The van der Waals surface area contributed by atoms with Gasteiger partial charge in [-0.25, -0.2) is 14.4 Å². The maximum absolute atomic E-state index is 12.5. The van der Waals surface area contributed by atoms with Crippen molar-refractivity contribution in [2.45, 2.75) is 69.5 Å². The number of hydrogen-bond acceptors (Lipinski definition) is 9. The van der Waals surface area contributed by atoms with Crippen molar-refractivity contribution in [3.8, 4) is 0 Å². The molecule has 1 amide bonds. The number of hydrogen-bond donors (Lipinski definition) is 1. The SMILES string of the molecule is COC(=O)[C@H](C[C@]1(C(=O)OC)C[C@H]2OCCC(=O)[C@H]2O1)NC(=O)OC(C)(C)C. The third kappa shape index (κ3) is 4.99. The molecule has 0 bridgehead atoms. The summed E-state index contributed by atoms with van der Waals surface area (Å²) in [6, 6.07) is -1.26. The molecule has 2 aliphatic rings. The lowest BCUT2D eigenvalue weighted by molar-refractivity contribution is -0.174. The molecule has 0 radical (unpaired) electrons. The Hall–Kier alpha value is -2.20. The first-order chi connectivity index (χ1) is 13.0.